The molecule has 1 atom stereocenters. The third-order valence-electron chi connectivity index (χ3n) is 7.56. The lowest BCUT2D eigenvalue weighted by atomic mass is 10.0. The average molecular weight is 697 g/mol. The van der Waals surface area contributed by atoms with E-state index in [4.69, 9.17) is 27.9 Å². The van der Waals surface area contributed by atoms with Gasteiger partial charge in [-0.2, -0.15) is 0 Å². The van der Waals surface area contributed by atoms with Gasteiger partial charge in [0, 0.05) is 29.6 Å². The van der Waals surface area contributed by atoms with Crippen LogP contribution in [-0.4, -0.2) is 51.4 Å². The number of halogens is 2. The minimum atomic E-state index is -4.23. The van der Waals surface area contributed by atoms with Crippen molar-refractivity contribution in [3.8, 4) is 5.75 Å². The van der Waals surface area contributed by atoms with Gasteiger partial charge in [-0.25, -0.2) is 8.42 Å². The van der Waals surface area contributed by atoms with Crippen LogP contribution >= 0.6 is 23.2 Å². The molecule has 0 fully saturated rings. The Morgan fingerprint density at radius 1 is 0.894 bits per heavy atom. The molecular formula is C36H39Cl2N3O5S. The molecule has 4 aromatic rings. The van der Waals surface area contributed by atoms with Gasteiger partial charge in [-0.05, 0) is 72.5 Å². The first-order valence-electron chi connectivity index (χ1n) is 15.2. The van der Waals surface area contributed by atoms with Crippen LogP contribution in [0.2, 0.25) is 10.0 Å². The quantitative estimate of drug-likeness (QED) is 0.155. The second kappa shape index (κ2) is 16.2. The van der Waals surface area contributed by atoms with E-state index in [1.165, 1.54) is 24.1 Å². The first-order chi connectivity index (χ1) is 22.4. The van der Waals surface area contributed by atoms with E-state index in [1.807, 2.05) is 51.1 Å². The van der Waals surface area contributed by atoms with Gasteiger partial charge >= 0.3 is 0 Å². The molecule has 248 valence electrons. The maximum Gasteiger partial charge on any atom is 0.264 e. The predicted molar refractivity (Wildman–Crippen MR) is 187 cm³/mol. The van der Waals surface area contributed by atoms with Gasteiger partial charge in [0.15, 0.2) is 0 Å². The molecule has 11 heteroatoms. The zero-order valence-electron chi connectivity index (χ0n) is 26.8. The summed E-state index contributed by atoms with van der Waals surface area (Å²) >= 11 is 12.8. The summed E-state index contributed by atoms with van der Waals surface area (Å²) < 4.78 is 34.7. The molecule has 0 aliphatic carbocycles. The number of benzene rings is 4. The van der Waals surface area contributed by atoms with Crippen LogP contribution in [0, 0.1) is 12.8 Å². The number of rotatable bonds is 14. The van der Waals surface area contributed by atoms with E-state index in [1.54, 1.807) is 54.6 Å². The predicted octanol–water partition coefficient (Wildman–Crippen LogP) is 6.92. The van der Waals surface area contributed by atoms with Crippen LogP contribution < -0.4 is 14.4 Å². The number of anilines is 1. The fourth-order valence-electron chi connectivity index (χ4n) is 4.92. The van der Waals surface area contributed by atoms with Crippen molar-refractivity contribution in [1.29, 1.82) is 0 Å². The number of methoxy groups -OCH3 is 1. The van der Waals surface area contributed by atoms with Crippen LogP contribution in [0.3, 0.4) is 0 Å². The Labute approximate surface area is 287 Å². The first kappa shape index (κ1) is 35.8. The molecule has 0 unspecified atom stereocenters. The van der Waals surface area contributed by atoms with Crippen molar-refractivity contribution in [2.24, 2.45) is 5.92 Å². The number of amides is 2. The van der Waals surface area contributed by atoms with Crippen molar-refractivity contribution in [3.05, 3.63) is 124 Å². The summed E-state index contributed by atoms with van der Waals surface area (Å²) in [5, 5.41) is 3.71. The van der Waals surface area contributed by atoms with Gasteiger partial charge in [-0.1, -0.05) is 91.1 Å². The highest BCUT2D eigenvalue weighted by Gasteiger charge is 2.35. The molecular weight excluding hydrogens is 657 g/mol. The normalized spacial score (nSPS) is 12.0. The van der Waals surface area contributed by atoms with Gasteiger partial charge in [-0.3, -0.25) is 13.9 Å². The smallest absolute Gasteiger partial charge is 0.264 e. The van der Waals surface area contributed by atoms with Crippen molar-refractivity contribution < 1.29 is 22.7 Å². The summed E-state index contributed by atoms with van der Waals surface area (Å²) in [5.41, 5.74) is 2.53. The Hall–Kier alpha value is -4.05. The van der Waals surface area contributed by atoms with Gasteiger partial charge < -0.3 is 15.0 Å². The first-order valence-corrected chi connectivity index (χ1v) is 17.4. The number of hydrogen-bond acceptors (Lipinski definition) is 5. The Morgan fingerprint density at radius 2 is 1.55 bits per heavy atom. The van der Waals surface area contributed by atoms with Gasteiger partial charge in [0.05, 0.1) is 17.7 Å². The molecule has 0 heterocycles. The maximum absolute atomic E-state index is 14.6. The Morgan fingerprint density at radius 3 is 2.15 bits per heavy atom. The zero-order valence-corrected chi connectivity index (χ0v) is 29.1. The lowest BCUT2D eigenvalue weighted by Gasteiger charge is -2.34. The number of ether oxygens (including phenoxy) is 1. The lowest BCUT2D eigenvalue weighted by Crippen LogP contribution is -2.53. The molecule has 0 aliphatic heterocycles. The third-order valence-corrected chi connectivity index (χ3v) is 9.93. The van der Waals surface area contributed by atoms with E-state index < -0.39 is 28.5 Å². The second-order valence-corrected chi connectivity index (χ2v) is 14.3. The molecule has 4 rings (SSSR count). The highest BCUT2D eigenvalue weighted by atomic mass is 35.5. The van der Waals surface area contributed by atoms with Crippen LogP contribution in [-0.2, 0) is 32.6 Å². The van der Waals surface area contributed by atoms with E-state index in [2.05, 4.69) is 5.32 Å². The van der Waals surface area contributed by atoms with E-state index in [9.17, 15) is 18.0 Å². The molecule has 1 N–H and O–H groups in total. The molecule has 0 saturated heterocycles. The van der Waals surface area contributed by atoms with Crippen LogP contribution in [0.25, 0.3) is 0 Å². The van der Waals surface area contributed by atoms with Crippen molar-refractivity contribution in [2.45, 2.75) is 44.7 Å². The Balaban J connectivity index is 1.82. The van der Waals surface area contributed by atoms with Crippen LogP contribution in [0.4, 0.5) is 5.69 Å². The van der Waals surface area contributed by atoms with E-state index in [0.29, 0.717) is 27.9 Å². The van der Waals surface area contributed by atoms with Gasteiger partial charge in [0.2, 0.25) is 11.8 Å². The molecule has 4 aromatic carbocycles. The summed E-state index contributed by atoms with van der Waals surface area (Å²) in [6, 6.07) is 26.1. The SMILES string of the molecule is COc1ccc(N(CC(=O)N(Cc2ccc(Cl)cc2Cl)[C@H](Cc2ccccc2)C(=O)NCC(C)C)S(=O)(=O)c2ccc(C)cc2)cc1. The number of carbonyl (C=O) groups excluding carboxylic acids is 2. The summed E-state index contributed by atoms with van der Waals surface area (Å²) in [7, 11) is -2.72. The highest BCUT2D eigenvalue weighted by molar-refractivity contribution is 7.92. The van der Waals surface area contributed by atoms with Crippen LogP contribution in [0.15, 0.2) is 102 Å². The standard InChI is InChI=1S/C36H39Cl2N3O5S/c1-25(2)22-39-36(43)34(20-27-8-6-5-7-9-27)40(23-28-12-13-29(37)21-33(28)38)35(42)24-41(30-14-16-31(46-4)17-15-30)47(44,45)32-18-10-26(3)11-19-32/h5-19,21,25,34H,20,22-24H2,1-4H3,(H,39,43)/t34-/m1/s1. The fraction of sp³-hybridized carbons (Fsp3) is 0.278. The Bertz CT molecular complexity index is 1770. The summed E-state index contributed by atoms with van der Waals surface area (Å²) in [5.74, 6) is -0.269. The molecule has 0 bridgehead atoms. The minimum Gasteiger partial charge on any atom is -0.497 e. The molecule has 0 spiro atoms. The minimum absolute atomic E-state index is 0.0227. The van der Waals surface area contributed by atoms with Gasteiger partial charge in [-0.15, -0.1) is 0 Å². The zero-order chi connectivity index (χ0) is 34.1. The van der Waals surface area contributed by atoms with Crippen molar-refractivity contribution in [1.82, 2.24) is 10.2 Å². The van der Waals surface area contributed by atoms with Crippen molar-refractivity contribution >= 4 is 50.7 Å². The van der Waals surface area contributed by atoms with Crippen LogP contribution in [0.1, 0.15) is 30.5 Å². The van der Waals surface area contributed by atoms with E-state index in [-0.39, 0.29) is 35.4 Å². The molecule has 0 aliphatic rings. The van der Waals surface area contributed by atoms with Crippen molar-refractivity contribution in [2.75, 3.05) is 24.5 Å². The molecule has 2 amide bonds. The average Bonchev–Trinajstić information content (AvgIpc) is 3.05. The lowest BCUT2D eigenvalue weighted by molar-refractivity contribution is -0.140. The largest absolute Gasteiger partial charge is 0.497 e. The second-order valence-electron chi connectivity index (χ2n) is 11.6. The fourth-order valence-corrected chi connectivity index (χ4v) is 6.81. The summed E-state index contributed by atoms with van der Waals surface area (Å²) in [6.07, 6.45) is 0.189. The summed E-state index contributed by atoms with van der Waals surface area (Å²) in [4.78, 5) is 29.9. The topological polar surface area (TPSA) is 96.0 Å². The number of nitrogens with one attached hydrogen (secondary N) is 1. The number of aryl methyl sites for hydroxylation is 1. The number of sulfonamides is 1. The number of hydrogen-bond donors (Lipinski definition) is 1. The molecule has 0 radical (unpaired) electrons. The highest BCUT2D eigenvalue weighted by Crippen LogP contribution is 2.28. The summed E-state index contributed by atoms with van der Waals surface area (Å²) in [6.45, 7) is 5.56. The maximum atomic E-state index is 14.6. The third kappa shape index (κ3) is 9.50. The number of carbonyl (C=O) groups is 2. The Kier molecular flexibility index (Phi) is 12.3. The van der Waals surface area contributed by atoms with Gasteiger partial charge in [0.25, 0.3) is 10.0 Å². The van der Waals surface area contributed by atoms with Crippen LogP contribution in [0.5, 0.6) is 5.75 Å². The molecule has 47 heavy (non-hydrogen) atoms. The molecule has 8 nitrogen and oxygen atoms in total. The molecule has 0 aromatic heterocycles. The molecule has 0 saturated carbocycles. The number of nitrogens with zero attached hydrogens (tertiary/aromatic N) is 2. The van der Waals surface area contributed by atoms with E-state index in [0.717, 1.165) is 15.4 Å². The monoisotopic (exact) mass is 695 g/mol. The van der Waals surface area contributed by atoms with E-state index >= 15 is 0 Å². The van der Waals surface area contributed by atoms with Gasteiger partial charge in [0.1, 0.15) is 18.3 Å². The van der Waals surface area contributed by atoms with Crippen molar-refractivity contribution in [3.63, 3.8) is 0 Å².